The Morgan fingerprint density at radius 1 is 0.462 bits per heavy atom. The molecule has 0 bridgehead atoms. The van der Waals surface area contributed by atoms with Crippen LogP contribution in [0.4, 0.5) is 0 Å². The fourth-order valence-corrected chi connectivity index (χ4v) is 12.5. The van der Waals surface area contributed by atoms with Crippen molar-refractivity contribution in [3.63, 3.8) is 0 Å². The number of hydrogen-bond donors (Lipinski definition) is 0. The summed E-state index contributed by atoms with van der Waals surface area (Å²) in [6, 6.07) is 14.3. The second-order valence-corrected chi connectivity index (χ2v) is 18.0. The van der Waals surface area contributed by atoms with Gasteiger partial charge in [-0.3, -0.25) is 0 Å². The van der Waals surface area contributed by atoms with Crippen molar-refractivity contribution in [3.05, 3.63) is 58.3 Å². The Morgan fingerprint density at radius 3 is 1.71 bits per heavy atom. The lowest BCUT2D eigenvalue weighted by Gasteiger charge is -2.17. The molecule has 0 N–H and O–H groups in total. The van der Waals surface area contributed by atoms with E-state index in [0.29, 0.717) is 26.4 Å². The minimum Gasteiger partial charge on any atom is -0.485 e. The maximum absolute atomic E-state index is 6.53. The highest BCUT2D eigenvalue weighted by Gasteiger charge is 2.31. The molecule has 2 aromatic carbocycles. The van der Waals surface area contributed by atoms with Gasteiger partial charge < -0.3 is 18.9 Å². The van der Waals surface area contributed by atoms with Gasteiger partial charge in [0.2, 0.25) is 0 Å². The second kappa shape index (κ2) is 17.0. The molecule has 0 saturated heterocycles. The van der Waals surface area contributed by atoms with Gasteiger partial charge in [0, 0.05) is 21.5 Å². The van der Waals surface area contributed by atoms with Crippen LogP contribution in [0.3, 0.4) is 0 Å². The van der Waals surface area contributed by atoms with Gasteiger partial charge in [0.1, 0.15) is 26.4 Å². The molecule has 0 saturated carbocycles. The quantitative estimate of drug-likeness (QED) is 0.0866. The molecule has 2 aliphatic heterocycles. The molecule has 6 aromatic rings. The molecule has 274 valence electrons. The Kier molecular flexibility index (Phi) is 11.7. The zero-order valence-corrected chi connectivity index (χ0v) is 33.9. The van der Waals surface area contributed by atoms with Crippen molar-refractivity contribution in [2.24, 2.45) is 0 Å². The number of benzene rings is 2. The largest absolute Gasteiger partial charge is 0.485 e. The van der Waals surface area contributed by atoms with E-state index in [1.165, 1.54) is 134 Å². The molecule has 0 unspecified atom stereocenters. The summed E-state index contributed by atoms with van der Waals surface area (Å²) >= 11 is 7.25. The van der Waals surface area contributed by atoms with Gasteiger partial charge >= 0.3 is 0 Å². The molecule has 0 aliphatic carbocycles. The first-order chi connectivity index (χ1) is 25.7. The van der Waals surface area contributed by atoms with Crippen LogP contribution in [-0.4, -0.2) is 26.4 Å². The number of fused-ring (bicyclic) bond motifs is 4. The Morgan fingerprint density at radius 2 is 1.00 bits per heavy atom. The predicted octanol–water partition coefficient (Wildman–Crippen LogP) is 14.6. The fourth-order valence-electron chi connectivity index (χ4n) is 7.60. The lowest BCUT2D eigenvalue weighted by molar-refractivity contribution is 0.174. The molecular weight excluding hydrogens is 721 g/mol. The maximum atomic E-state index is 6.53. The molecule has 8 rings (SSSR count). The standard InChI is InChI=1S/C44H50O4S4/c1-3-5-7-9-11-13-15-29-17-19-32-31(25-29)27-49-39(32)43-37-38(48-24-23-47-37)44(52-43)41-34-26-30(16-14-12-10-8-6-4-2)18-20-33(34)40(51-41)42-36-35(28-50-42)45-21-22-46-36/h17-20,25-28H,3-16,21-24H2,1-2H3. The molecule has 8 heteroatoms. The first-order valence-corrected chi connectivity index (χ1v) is 23.0. The van der Waals surface area contributed by atoms with Crippen LogP contribution in [0.1, 0.15) is 102 Å². The van der Waals surface area contributed by atoms with Crippen molar-refractivity contribution < 1.29 is 18.9 Å². The molecule has 4 aromatic heterocycles. The molecule has 6 heterocycles. The number of thiophene rings is 4. The molecule has 0 amide bonds. The highest BCUT2D eigenvalue weighted by Crippen LogP contribution is 2.60. The van der Waals surface area contributed by atoms with E-state index in [9.17, 15) is 0 Å². The van der Waals surface area contributed by atoms with Crippen LogP contribution in [0, 0.1) is 0 Å². The maximum Gasteiger partial charge on any atom is 0.181 e. The van der Waals surface area contributed by atoms with E-state index in [1.807, 2.05) is 34.0 Å². The summed E-state index contributed by atoms with van der Waals surface area (Å²) in [5, 5.41) is 9.64. The summed E-state index contributed by atoms with van der Waals surface area (Å²) in [5.74, 6) is 3.55. The summed E-state index contributed by atoms with van der Waals surface area (Å²) in [6.07, 6.45) is 18.1. The summed E-state index contributed by atoms with van der Waals surface area (Å²) in [6.45, 7) is 6.88. The van der Waals surface area contributed by atoms with Crippen molar-refractivity contribution >= 4 is 66.9 Å². The lowest BCUT2D eigenvalue weighted by Crippen LogP contribution is -2.14. The second-order valence-electron chi connectivity index (χ2n) is 14.2. The van der Waals surface area contributed by atoms with Crippen LogP contribution in [0.5, 0.6) is 23.0 Å². The smallest absolute Gasteiger partial charge is 0.181 e. The number of ether oxygens (including phenoxy) is 4. The third kappa shape index (κ3) is 7.51. The summed E-state index contributed by atoms with van der Waals surface area (Å²) in [4.78, 5) is 7.29. The number of unbranched alkanes of at least 4 members (excludes halogenated alkanes) is 10. The molecule has 2 aliphatic rings. The summed E-state index contributed by atoms with van der Waals surface area (Å²) in [5.41, 5.74) is 2.85. The van der Waals surface area contributed by atoms with Crippen molar-refractivity contribution in [2.45, 2.75) is 104 Å². The zero-order valence-electron chi connectivity index (χ0n) is 30.6. The highest BCUT2D eigenvalue weighted by atomic mass is 32.1. The highest BCUT2D eigenvalue weighted by molar-refractivity contribution is 7.30. The number of aryl methyl sites for hydroxylation is 2. The van der Waals surface area contributed by atoms with Gasteiger partial charge in [-0.1, -0.05) is 108 Å². The monoisotopic (exact) mass is 770 g/mol. The van der Waals surface area contributed by atoms with Gasteiger partial charge in [-0.25, -0.2) is 0 Å². The van der Waals surface area contributed by atoms with Crippen LogP contribution in [0.25, 0.3) is 50.8 Å². The van der Waals surface area contributed by atoms with Crippen LogP contribution < -0.4 is 18.9 Å². The van der Waals surface area contributed by atoms with Crippen molar-refractivity contribution in [1.29, 1.82) is 0 Å². The third-order valence-electron chi connectivity index (χ3n) is 10.4. The fraction of sp³-hybridized carbons (Fsp3) is 0.455. The minimum absolute atomic E-state index is 0.562. The summed E-state index contributed by atoms with van der Waals surface area (Å²) < 4.78 is 25.2. The molecular formula is C44H50O4S4. The Balaban J connectivity index is 1.15. The first kappa shape index (κ1) is 36.0. The van der Waals surface area contributed by atoms with Crippen molar-refractivity contribution in [1.82, 2.24) is 0 Å². The van der Waals surface area contributed by atoms with Crippen LogP contribution in [0.2, 0.25) is 0 Å². The lowest BCUT2D eigenvalue weighted by atomic mass is 10.0. The molecule has 4 nitrogen and oxygen atoms in total. The number of rotatable bonds is 17. The van der Waals surface area contributed by atoms with Gasteiger partial charge in [-0.05, 0) is 53.6 Å². The van der Waals surface area contributed by atoms with Crippen LogP contribution >= 0.6 is 45.3 Å². The average Bonchev–Trinajstić information content (AvgIpc) is 3.97. The van der Waals surface area contributed by atoms with Crippen LogP contribution in [-0.2, 0) is 12.8 Å². The number of hydrogen-bond acceptors (Lipinski definition) is 8. The summed E-state index contributed by atoms with van der Waals surface area (Å²) in [7, 11) is 0. The average molecular weight is 771 g/mol. The zero-order chi connectivity index (χ0) is 35.3. The normalized spacial score (nSPS) is 13.8. The van der Waals surface area contributed by atoms with E-state index in [0.717, 1.165) is 40.7 Å². The molecule has 0 radical (unpaired) electrons. The predicted molar refractivity (Wildman–Crippen MR) is 225 cm³/mol. The van der Waals surface area contributed by atoms with E-state index in [4.69, 9.17) is 18.9 Å². The van der Waals surface area contributed by atoms with E-state index >= 15 is 0 Å². The van der Waals surface area contributed by atoms with Crippen molar-refractivity contribution in [2.75, 3.05) is 26.4 Å². The van der Waals surface area contributed by atoms with Gasteiger partial charge in [-0.15, -0.1) is 45.3 Å². The SMILES string of the molecule is CCCCCCCCc1ccc2c(-c3sc(-c4sc(-c5scc6c5OCCO6)c5ccc(CCCCCCCC)cc45)c4c3OCCO4)scc2c1. The van der Waals surface area contributed by atoms with E-state index in [1.54, 1.807) is 11.3 Å². The van der Waals surface area contributed by atoms with Gasteiger partial charge in [-0.2, -0.15) is 0 Å². The van der Waals surface area contributed by atoms with Crippen molar-refractivity contribution in [3.8, 4) is 52.3 Å². The molecule has 0 atom stereocenters. The Labute approximate surface area is 324 Å². The molecule has 0 fully saturated rings. The van der Waals surface area contributed by atoms with Crippen LogP contribution in [0.15, 0.2) is 47.2 Å². The van der Waals surface area contributed by atoms with E-state index in [2.05, 4.69) is 61.0 Å². The van der Waals surface area contributed by atoms with Gasteiger partial charge in [0.25, 0.3) is 0 Å². The van der Waals surface area contributed by atoms with Gasteiger partial charge in [0.05, 0.1) is 29.3 Å². The topological polar surface area (TPSA) is 36.9 Å². The minimum atomic E-state index is 0.562. The molecule has 0 spiro atoms. The van der Waals surface area contributed by atoms with Gasteiger partial charge in [0.15, 0.2) is 23.0 Å². The van der Waals surface area contributed by atoms with E-state index in [-0.39, 0.29) is 0 Å². The Hall–Kier alpha value is -3.04. The Bertz CT molecular complexity index is 2110. The third-order valence-corrected chi connectivity index (χ3v) is 15.2. The first-order valence-electron chi connectivity index (χ1n) is 19.6. The molecule has 52 heavy (non-hydrogen) atoms. The van der Waals surface area contributed by atoms with E-state index < -0.39 is 0 Å².